The Labute approximate surface area is 180 Å². The second kappa shape index (κ2) is 8.09. The summed E-state index contributed by atoms with van der Waals surface area (Å²) in [7, 11) is 3.93. The predicted molar refractivity (Wildman–Crippen MR) is 114 cm³/mol. The lowest BCUT2D eigenvalue weighted by Gasteiger charge is -2.18. The van der Waals surface area contributed by atoms with Gasteiger partial charge in [0.25, 0.3) is 5.91 Å². The summed E-state index contributed by atoms with van der Waals surface area (Å²) in [6, 6.07) is 12.9. The smallest absolute Gasteiger partial charge is 0.251 e. The van der Waals surface area contributed by atoms with Gasteiger partial charge in [-0.05, 0) is 36.4 Å². The Hall–Kier alpha value is -3.30. The van der Waals surface area contributed by atoms with E-state index in [-0.39, 0.29) is 30.2 Å². The van der Waals surface area contributed by atoms with Crippen LogP contribution in [0.5, 0.6) is 0 Å². The molecule has 0 aliphatic carbocycles. The van der Waals surface area contributed by atoms with E-state index in [1.54, 1.807) is 10.9 Å². The molecular formula is C22H24N6O3. The van der Waals surface area contributed by atoms with Crippen LogP contribution in [0.4, 0.5) is 5.69 Å². The molecule has 9 heteroatoms. The van der Waals surface area contributed by atoms with Gasteiger partial charge in [0.05, 0.1) is 31.1 Å². The summed E-state index contributed by atoms with van der Waals surface area (Å²) in [5, 5.41) is 11.6. The van der Waals surface area contributed by atoms with E-state index in [1.807, 2.05) is 67.7 Å². The second-order valence-corrected chi connectivity index (χ2v) is 7.98. The lowest BCUT2D eigenvalue weighted by atomic mass is 10.1. The van der Waals surface area contributed by atoms with Gasteiger partial charge in [-0.25, -0.2) is 4.68 Å². The Kier molecular flexibility index (Phi) is 5.13. The molecule has 4 heterocycles. The van der Waals surface area contributed by atoms with E-state index < -0.39 is 0 Å². The molecule has 160 valence electrons. The molecular weight excluding hydrogens is 396 g/mol. The number of hydrogen-bond donors (Lipinski definition) is 1. The fourth-order valence-electron chi connectivity index (χ4n) is 4.06. The van der Waals surface area contributed by atoms with Crippen molar-refractivity contribution in [1.29, 1.82) is 0 Å². The predicted octanol–water partition coefficient (Wildman–Crippen LogP) is 1.54. The van der Waals surface area contributed by atoms with Crippen molar-refractivity contribution in [1.82, 2.24) is 25.3 Å². The standard InChI is InChI=1S/C22H24N6O3/c1-27(2)15-8-6-14(7-9-15)22(29)24-18-12-30-21-19(13-31-20(18)21)28-11-17(25-26-28)16-5-3-4-10-23-16/h3-11,18-21H,12-13H2,1-2H3,(H,24,29)/t18-,19+,20-,21+/m1/s1. The Morgan fingerprint density at radius 2 is 1.87 bits per heavy atom. The monoisotopic (exact) mass is 420 g/mol. The van der Waals surface area contributed by atoms with Crippen LogP contribution in [-0.4, -0.2) is 71.4 Å². The van der Waals surface area contributed by atoms with Crippen LogP contribution in [0.15, 0.2) is 54.9 Å². The molecule has 0 spiro atoms. The van der Waals surface area contributed by atoms with Gasteiger partial charge in [-0.3, -0.25) is 9.78 Å². The third-order valence-electron chi connectivity index (χ3n) is 5.77. The quantitative estimate of drug-likeness (QED) is 0.669. The number of carbonyl (C=O) groups is 1. The van der Waals surface area contributed by atoms with E-state index in [4.69, 9.17) is 9.47 Å². The zero-order valence-electron chi connectivity index (χ0n) is 17.4. The van der Waals surface area contributed by atoms with Crippen LogP contribution in [0.2, 0.25) is 0 Å². The van der Waals surface area contributed by atoms with Gasteiger partial charge in [0, 0.05) is 31.5 Å². The molecule has 31 heavy (non-hydrogen) atoms. The van der Waals surface area contributed by atoms with Crippen LogP contribution in [0.25, 0.3) is 11.4 Å². The molecule has 1 N–H and O–H groups in total. The molecule has 3 aromatic rings. The van der Waals surface area contributed by atoms with Gasteiger partial charge in [0.1, 0.15) is 23.9 Å². The van der Waals surface area contributed by atoms with Gasteiger partial charge in [-0.2, -0.15) is 0 Å². The number of amides is 1. The average Bonchev–Trinajstić information content (AvgIpc) is 3.52. The van der Waals surface area contributed by atoms with E-state index in [1.165, 1.54) is 0 Å². The summed E-state index contributed by atoms with van der Waals surface area (Å²) < 4.78 is 13.8. The van der Waals surface area contributed by atoms with E-state index in [9.17, 15) is 4.79 Å². The zero-order valence-corrected chi connectivity index (χ0v) is 17.4. The largest absolute Gasteiger partial charge is 0.378 e. The van der Waals surface area contributed by atoms with Crippen molar-refractivity contribution in [2.75, 3.05) is 32.2 Å². The number of anilines is 1. The minimum absolute atomic E-state index is 0.101. The first-order chi connectivity index (χ1) is 15.1. The lowest BCUT2D eigenvalue weighted by Crippen LogP contribution is -2.44. The Bertz CT molecular complexity index is 1050. The van der Waals surface area contributed by atoms with E-state index in [2.05, 4.69) is 20.6 Å². The molecule has 4 atom stereocenters. The molecule has 2 aliphatic heterocycles. The van der Waals surface area contributed by atoms with Crippen LogP contribution in [0.3, 0.4) is 0 Å². The van der Waals surface area contributed by atoms with Gasteiger partial charge in [-0.15, -0.1) is 5.10 Å². The van der Waals surface area contributed by atoms with Crippen molar-refractivity contribution in [3.05, 3.63) is 60.4 Å². The Morgan fingerprint density at radius 3 is 2.61 bits per heavy atom. The topological polar surface area (TPSA) is 94.4 Å². The van der Waals surface area contributed by atoms with Crippen molar-refractivity contribution < 1.29 is 14.3 Å². The van der Waals surface area contributed by atoms with Gasteiger partial charge in [0.2, 0.25) is 0 Å². The molecule has 2 fully saturated rings. The number of carbonyl (C=O) groups excluding carboxylic acids is 1. The first-order valence-corrected chi connectivity index (χ1v) is 10.2. The Morgan fingerprint density at radius 1 is 1.06 bits per heavy atom. The summed E-state index contributed by atoms with van der Waals surface area (Å²) in [6.07, 6.45) is 3.17. The first kappa shape index (κ1) is 19.7. The van der Waals surface area contributed by atoms with Gasteiger partial charge in [-0.1, -0.05) is 11.3 Å². The normalized spacial score (nSPS) is 24.7. The number of pyridine rings is 1. The van der Waals surface area contributed by atoms with Crippen LogP contribution < -0.4 is 10.2 Å². The van der Waals surface area contributed by atoms with Crippen molar-refractivity contribution in [3.8, 4) is 11.4 Å². The molecule has 0 unspecified atom stereocenters. The van der Waals surface area contributed by atoms with Crippen molar-refractivity contribution in [2.45, 2.75) is 24.3 Å². The summed E-state index contributed by atoms with van der Waals surface area (Å²) in [5.74, 6) is -0.134. The molecule has 0 bridgehead atoms. The fourth-order valence-corrected chi connectivity index (χ4v) is 4.06. The molecule has 0 radical (unpaired) electrons. The molecule has 9 nitrogen and oxygen atoms in total. The highest BCUT2D eigenvalue weighted by atomic mass is 16.6. The third kappa shape index (κ3) is 3.77. The highest BCUT2D eigenvalue weighted by Gasteiger charge is 2.49. The number of hydrogen-bond acceptors (Lipinski definition) is 7. The number of rotatable bonds is 5. The van der Waals surface area contributed by atoms with E-state index in [0.717, 1.165) is 11.4 Å². The first-order valence-electron chi connectivity index (χ1n) is 10.2. The van der Waals surface area contributed by atoms with Crippen molar-refractivity contribution >= 4 is 11.6 Å². The highest BCUT2D eigenvalue weighted by Crippen LogP contribution is 2.34. The fraction of sp³-hybridized carbons (Fsp3) is 0.364. The molecule has 5 rings (SSSR count). The van der Waals surface area contributed by atoms with E-state index >= 15 is 0 Å². The molecule has 2 saturated heterocycles. The number of ether oxygens (including phenoxy) is 2. The number of benzene rings is 1. The van der Waals surface area contributed by atoms with Crippen LogP contribution >= 0.6 is 0 Å². The van der Waals surface area contributed by atoms with Gasteiger partial charge >= 0.3 is 0 Å². The summed E-state index contributed by atoms with van der Waals surface area (Å²) in [5.41, 5.74) is 3.12. The minimum Gasteiger partial charge on any atom is -0.378 e. The maximum atomic E-state index is 12.7. The number of nitrogens with zero attached hydrogens (tertiary/aromatic N) is 5. The lowest BCUT2D eigenvalue weighted by molar-refractivity contribution is 0.0613. The molecule has 1 amide bonds. The highest BCUT2D eigenvalue weighted by molar-refractivity contribution is 5.94. The van der Waals surface area contributed by atoms with Crippen LogP contribution in [0.1, 0.15) is 16.4 Å². The van der Waals surface area contributed by atoms with Crippen LogP contribution in [-0.2, 0) is 9.47 Å². The van der Waals surface area contributed by atoms with E-state index in [0.29, 0.717) is 24.5 Å². The Balaban J connectivity index is 1.25. The zero-order chi connectivity index (χ0) is 21.4. The third-order valence-corrected chi connectivity index (χ3v) is 5.77. The summed E-state index contributed by atoms with van der Waals surface area (Å²) >= 11 is 0. The second-order valence-electron chi connectivity index (χ2n) is 7.98. The maximum absolute atomic E-state index is 12.7. The van der Waals surface area contributed by atoms with Crippen molar-refractivity contribution in [3.63, 3.8) is 0 Å². The number of fused-ring (bicyclic) bond motifs is 1. The van der Waals surface area contributed by atoms with Gasteiger partial charge < -0.3 is 19.7 Å². The van der Waals surface area contributed by atoms with Gasteiger partial charge in [0.15, 0.2) is 0 Å². The number of nitrogens with one attached hydrogen (secondary N) is 1. The number of aromatic nitrogens is 4. The van der Waals surface area contributed by atoms with Crippen molar-refractivity contribution in [2.24, 2.45) is 0 Å². The average molecular weight is 420 g/mol. The van der Waals surface area contributed by atoms with Crippen LogP contribution in [0, 0.1) is 0 Å². The molecule has 0 saturated carbocycles. The summed E-state index contributed by atoms with van der Waals surface area (Å²) in [6.45, 7) is 0.847. The molecule has 1 aromatic carbocycles. The molecule has 2 aromatic heterocycles. The maximum Gasteiger partial charge on any atom is 0.251 e. The summed E-state index contributed by atoms with van der Waals surface area (Å²) in [4.78, 5) is 19.0. The SMILES string of the molecule is CN(C)c1ccc(C(=O)N[C@@H]2CO[C@@H]3[C@@H]2OC[C@@H]3n2cc(-c3ccccn3)nn2)cc1. The molecule has 2 aliphatic rings. The minimum atomic E-state index is -0.225.